The van der Waals surface area contributed by atoms with Gasteiger partial charge in [-0.25, -0.2) is 0 Å². The van der Waals surface area contributed by atoms with Crippen molar-refractivity contribution < 1.29 is 14.5 Å². The Labute approximate surface area is 134 Å². The van der Waals surface area contributed by atoms with Crippen LogP contribution in [0.5, 0.6) is 0 Å². The predicted molar refractivity (Wildman–Crippen MR) is 85.8 cm³/mol. The lowest BCUT2D eigenvalue weighted by molar-refractivity contribution is -0.384. The van der Waals surface area contributed by atoms with Gasteiger partial charge in [-0.15, -0.1) is 0 Å². The Balaban J connectivity index is 2.10. The molecule has 0 aromatic heterocycles. The maximum atomic E-state index is 12.5. The van der Waals surface area contributed by atoms with Crippen LogP contribution in [-0.4, -0.2) is 35.7 Å². The largest absolute Gasteiger partial charge is 0.349 e. The van der Waals surface area contributed by atoms with Crippen LogP contribution in [0, 0.1) is 22.0 Å². The van der Waals surface area contributed by atoms with Gasteiger partial charge in [0.2, 0.25) is 11.8 Å². The molecule has 122 valence electrons. The van der Waals surface area contributed by atoms with E-state index in [1.807, 2.05) is 12.2 Å². The second kappa shape index (κ2) is 7.04. The lowest BCUT2D eigenvalue weighted by Crippen LogP contribution is -2.40. The first-order valence-electron chi connectivity index (χ1n) is 7.31. The maximum Gasteiger partial charge on any atom is 0.269 e. The molecule has 0 spiro atoms. The van der Waals surface area contributed by atoms with Gasteiger partial charge in [0.15, 0.2) is 0 Å². The second-order valence-corrected chi connectivity index (χ2v) is 5.68. The van der Waals surface area contributed by atoms with Crippen LogP contribution in [0.15, 0.2) is 36.4 Å². The number of nitrogens with one attached hydrogen (secondary N) is 1. The van der Waals surface area contributed by atoms with Crippen LogP contribution in [0.25, 0.3) is 0 Å². The van der Waals surface area contributed by atoms with Crippen molar-refractivity contribution in [2.45, 2.75) is 12.8 Å². The minimum absolute atomic E-state index is 0.0377. The third-order valence-corrected chi connectivity index (χ3v) is 3.87. The molecule has 1 aliphatic carbocycles. The Hall–Kier alpha value is -2.70. The Kier molecular flexibility index (Phi) is 5.10. The molecule has 0 bridgehead atoms. The molecule has 2 rings (SSSR count). The van der Waals surface area contributed by atoms with Gasteiger partial charge in [0.25, 0.3) is 5.69 Å². The van der Waals surface area contributed by atoms with Crippen molar-refractivity contribution in [3.8, 4) is 0 Å². The lowest BCUT2D eigenvalue weighted by atomic mass is 9.81. The summed E-state index contributed by atoms with van der Waals surface area (Å²) >= 11 is 0. The van der Waals surface area contributed by atoms with Crippen molar-refractivity contribution in [3.63, 3.8) is 0 Å². The van der Waals surface area contributed by atoms with Gasteiger partial charge in [0.05, 0.1) is 16.8 Å². The third kappa shape index (κ3) is 3.94. The molecule has 2 atom stereocenters. The molecular weight excluding hydrogens is 298 g/mol. The Morgan fingerprint density at radius 1 is 1.13 bits per heavy atom. The van der Waals surface area contributed by atoms with Crippen LogP contribution in [-0.2, 0) is 9.59 Å². The van der Waals surface area contributed by atoms with E-state index in [1.165, 1.54) is 29.2 Å². The zero-order valence-electron chi connectivity index (χ0n) is 13.1. The molecule has 0 fully saturated rings. The molecule has 0 aliphatic heterocycles. The summed E-state index contributed by atoms with van der Waals surface area (Å²) in [5.41, 5.74) is 0.440. The molecule has 0 saturated heterocycles. The van der Waals surface area contributed by atoms with Crippen molar-refractivity contribution in [1.82, 2.24) is 4.90 Å². The molecule has 1 aromatic carbocycles. The number of rotatable bonds is 4. The quantitative estimate of drug-likeness (QED) is 0.523. The maximum absolute atomic E-state index is 12.5. The number of carbonyl (C=O) groups excluding carboxylic acids is 2. The van der Waals surface area contributed by atoms with E-state index in [0.29, 0.717) is 18.5 Å². The SMILES string of the molecule is CN(C)C(=O)C1CC=CCC1C(=O)Nc1ccc([N+](=O)[O-])cc1. The van der Waals surface area contributed by atoms with Gasteiger partial charge in [-0.05, 0) is 25.0 Å². The highest BCUT2D eigenvalue weighted by Crippen LogP contribution is 2.28. The van der Waals surface area contributed by atoms with E-state index in [2.05, 4.69) is 5.32 Å². The topological polar surface area (TPSA) is 92.6 Å². The number of anilines is 1. The van der Waals surface area contributed by atoms with Crippen LogP contribution in [0.1, 0.15) is 12.8 Å². The first-order chi connectivity index (χ1) is 10.9. The van der Waals surface area contributed by atoms with E-state index in [4.69, 9.17) is 0 Å². The van der Waals surface area contributed by atoms with Crippen molar-refractivity contribution in [2.24, 2.45) is 11.8 Å². The number of nitro groups is 1. The number of hydrogen-bond acceptors (Lipinski definition) is 4. The van der Waals surface area contributed by atoms with Crippen LogP contribution in [0.2, 0.25) is 0 Å². The summed E-state index contributed by atoms with van der Waals surface area (Å²) in [6, 6.07) is 5.63. The van der Waals surface area contributed by atoms with Crippen LogP contribution >= 0.6 is 0 Å². The molecule has 1 aromatic rings. The van der Waals surface area contributed by atoms with Gasteiger partial charge in [-0.1, -0.05) is 12.2 Å². The normalized spacial score (nSPS) is 19.9. The second-order valence-electron chi connectivity index (χ2n) is 5.68. The molecule has 1 N–H and O–H groups in total. The summed E-state index contributed by atoms with van der Waals surface area (Å²) in [4.78, 5) is 36.3. The third-order valence-electron chi connectivity index (χ3n) is 3.87. The number of hydrogen-bond donors (Lipinski definition) is 1. The number of carbonyl (C=O) groups is 2. The van der Waals surface area contributed by atoms with Gasteiger partial charge in [0.1, 0.15) is 0 Å². The highest BCUT2D eigenvalue weighted by molar-refractivity contribution is 5.96. The monoisotopic (exact) mass is 317 g/mol. The van der Waals surface area contributed by atoms with Gasteiger partial charge >= 0.3 is 0 Å². The number of amides is 2. The van der Waals surface area contributed by atoms with Crippen LogP contribution in [0.4, 0.5) is 11.4 Å². The molecule has 0 saturated carbocycles. The summed E-state index contributed by atoms with van der Waals surface area (Å²) < 4.78 is 0. The van der Waals surface area contributed by atoms with Gasteiger partial charge in [-0.2, -0.15) is 0 Å². The molecule has 0 heterocycles. The summed E-state index contributed by atoms with van der Waals surface area (Å²) in [6.07, 6.45) is 4.86. The van der Waals surface area contributed by atoms with Crippen molar-refractivity contribution in [2.75, 3.05) is 19.4 Å². The van der Waals surface area contributed by atoms with E-state index >= 15 is 0 Å². The highest BCUT2D eigenvalue weighted by Gasteiger charge is 2.34. The molecule has 7 heteroatoms. The summed E-state index contributed by atoms with van der Waals surface area (Å²) in [5.74, 6) is -1.14. The Bertz CT molecular complexity index is 637. The minimum Gasteiger partial charge on any atom is -0.349 e. The number of nitrogens with zero attached hydrogens (tertiary/aromatic N) is 2. The first kappa shape index (κ1) is 16.7. The zero-order valence-corrected chi connectivity index (χ0v) is 13.1. The standard InChI is InChI=1S/C16H19N3O4/c1-18(2)16(21)14-6-4-3-5-13(14)15(20)17-11-7-9-12(10-8-11)19(22)23/h3-4,7-10,13-14H,5-6H2,1-2H3,(H,17,20). The summed E-state index contributed by atoms with van der Waals surface area (Å²) in [5, 5.41) is 13.4. The van der Waals surface area contributed by atoms with Gasteiger partial charge in [-0.3, -0.25) is 19.7 Å². The van der Waals surface area contributed by atoms with Crippen LogP contribution in [0.3, 0.4) is 0 Å². The van der Waals surface area contributed by atoms with Crippen molar-refractivity contribution in [1.29, 1.82) is 0 Å². The smallest absolute Gasteiger partial charge is 0.269 e. The molecule has 1 aliphatic rings. The fourth-order valence-corrected chi connectivity index (χ4v) is 2.61. The average Bonchev–Trinajstić information content (AvgIpc) is 2.54. The fourth-order valence-electron chi connectivity index (χ4n) is 2.61. The van der Waals surface area contributed by atoms with E-state index in [-0.39, 0.29) is 23.4 Å². The van der Waals surface area contributed by atoms with Crippen LogP contribution < -0.4 is 5.32 Å². The van der Waals surface area contributed by atoms with Gasteiger partial charge < -0.3 is 10.2 Å². The minimum atomic E-state index is -0.497. The molecule has 2 unspecified atom stereocenters. The Morgan fingerprint density at radius 2 is 1.70 bits per heavy atom. The summed E-state index contributed by atoms with van der Waals surface area (Å²) in [7, 11) is 3.35. The van der Waals surface area contributed by atoms with E-state index in [9.17, 15) is 19.7 Å². The molecular formula is C16H19N3O4. The fraction of sp³-hybridized carbons (Fsp3) is 0.375. The molecule has 2 amide bonds. The van der Waals surface area contributed by atoms with Crippen molar-refractivity contribution >= 4 is 23.2 Å². The number of benzene rings is 1. The lowest BCUT2D eigenvalue weighted by Gasteiger charge is -2.28. The number of non-ortho nitro benzene ring substituents is 1. The Morgan fingerprint density at radius 3 is 2.22 bits per heavy atom. The molecule has 7 nitrogen and oxygen atoms in total. The van der Waals surface area contributed by atoms with E-state index in [0.717, 1.165) is 0 Å². The molecule has 0 radical (unpaired) electrons. The van der Waals surface area contributed by atoms with E-state index < -0.39 is 10.8 Å². The molecule has 23 heavy (non-hydrogen) atoms. The number of allylic oxidation sites excluding steroid dienone is 2. The zero-order chi connectivity index (χ0) is 17.0. The van der Waals surface area contributed by atoms with Crippen molar-refractivity contribution in [3.05, 3.63) is 46.5 Å². The number of nitro benzene ring substituents is 1. The highest BCUT2D eigenvalue weighted by atomic mass is 16.6. The van der Waals surface area contributed by atoms with Gasteiger partial charge in [0, 0.05) is 31.9 Å². The predicted octanol–water partition coefficient (Wildman–Crippen LogP) is 2.20. The van der Waals surface area contributed by atoms with E-state index in [1.54, 1.807) is 14.1 Å². The first-order valence-corrected chi connectivity index (χ1v) is 7.31. The summed E-state index contributed by atoms with van der Waals surface area (Å²) in [6.45, 7) is 0. The average molecular weight is 317 g/mol.